The normalized spacial score (nSPS) is 12.2. The van der Waals surface area contributed by atoms with E-state index in [0.29, 0.717) is 12.5 Å². The highest BCUT2D eigenvalue weighted by atomic mass is 19.1. The number of rotatable bonds is 5. The lowest BCUT2D eigenvalue weighted by atomic mass is 10.1. The van der Waals surface area contributed by atoms with Crippen molar-refractivity contribution in [2.45, 2.75) is 33.7 Å². The summed E-state index contributed by atoms with van der Waals surface area (Å²) in [5, 5.41) is 6.01. The smallest absolute Gasteiger partial charge is 0.224 e. The summed E-state index contributed by atoms with van der Waals surface area (Å²) < 4.78 is 19.2. The first kappa shape index (κ1) is 14.3. The van der Waals surface area contributed by atoms with Crippen LogP contribution in [0.15, 0.2) is 16.7 Å². The van der Waals surface area contributed by atoms with E-state index in [0.717, 1.165) is 23.3 Å². The van der Waals surface area contributed by atoms with Gasteiger partial charge in [0.2, 0.25) is 5.95 Å². The molecule has 0 radical (unpaired) electrons. The molecule has 2 aromatic heterocycles. The van der Waals surface area contributed by atoms with Crippen LogP contribution in [-0.4, -0.2) is 16.5 Å². The quantitative estimate of drug-likeness (QED) is 0.877. The molecule has 2 heterocycles. The van der Waals surface area contributed by atoms with E-state index < -0.39 is 5.82 Å². The fraction of sp³-hybridized carbons (Fsp3) is 0.429. The first-order chi connectivity index (χ1) is 9.51. The minimum absolute atomic E-state index is 0.105. The first-order valence-electron chi connectivity index (χ1n) is 6.61. The van der Waals surface area contributed by atoms with Crippen LogP contribution in [0.25, 0.3) is 0 Å². The summed E-state index contributed by atoms with van der Waals surface area (Å²) in [7, 11) is 0. The number of nitrogens with one attached hydrogen (secondary N) is 2. The lowest BCUT2D eigenvalue weighted by Crippen LogP contribution is -2.12. The molecule has 1 atom stereocenters. The van der Waals surface area contributed by atoms with Gasteiger partial charge in [-0.3, -0.25) is 0 Å². The summed E-state index contributed by atoms with van der Waals surface area (Å²) in [5.74, 6) is 1.77. The van der Waals surface area contributed by atoms with Crippen molar-refractivity contribution >= 4 is 11.8 Å². The average molecular weight is 278 g/mol. The van der Waals surface area contributed by atoms with Gasteiger partial charge in [0.05, 0.1) is 12.2 Å². The van der Waals surface area contributed by atoms with Gasteiger partial charge in [0.1, 0.15) is 11.5 Å². The number of nitrogens with zero attached hydrogens (tertiary/aromatic N) is 2. The van der Waals surface area contributed by atoms with Gasteiger partial charge in [-0.1, -0.05) is 0 Å². The van der Waals surface area contributed by atoms with Crippen LogP contribution in [0.2, 0.25) is 0 Å². The molecule has 0 spiro atoms. The van der Waals surface area contributed by atoms with E-state index in [4.69, 9.17) is 4.42 Å². The highest BCUT2D eigenvalue weighted by Gasteiger charge is 2.15. The second-order valence-corrected chi connectivity index (χ2v) is 4.66. The molecule has 2 aromatic rings. The largest absolute Gasteiger partial charge is 0.466 e. The van der Waals surface area contributed by atoms with Crippen LogP contribution in [0.5, 0.6) is 0 Å². The highest BCUT2D eigenvalue weighted by Crippen LogP contribution is 2.25. The summed E-state index contributed by atoms with van der Waals surface area (Å²) in [6, 6.07) is 1.84. The number of anilines is 2. The minimum atomic E-state index is -0.476. The number of hydrogen-bond donors (Lipinski definition) is 2. The summed E-state index contributed by atoms with van der Waals surface area (Å²) in [4.78, 5) is 8.00. The Morgan fingerprint density at radius 3 is 2.75 bits per heavy atom. The maximum absolute atomic E-state index is 13.8. The molecule has 20 heavy (non-hydrogen) atoms. The number of aryl methyl sites for hydroxylation is 2. The van der Waals surface area contributed by atoms with Gasteiger partial charge in [0.15, 0.2) is 11.6 Å². The van der Waals surface area contributed by atoms with E-state index in [-0.39, 0.29) is 11.9 Å². The first-order valence-corrected chi connectivity index (χ1v) is 6.61. The number of hydrogen-bond acceptors (Lipinski definition) is 5. The third kappa shape index (κ3) is 3.07. The van der Waals surface area contributed by atoms with Gasteiger partial charge >= 0.3 is 0 Å². The minimum Gasteiger partial charge on any atom is -0.466 e. The van der Waals surface area contributed by atoms with Crippen molar-refractivity contribution in [1.29, 1.82) is 0 Å². The molecule has 0 bridgehead atoms. The Morgan fingerprint density at radius 1 is 1.40 bits per heavy atom. The van der Waals surface area contributed by atoms with Crippen LogP contribution < -0.4 is 10.6 Å². The zero-order valence-corrected chi connectivity index (χ0v) is 12.1. The van der Waals surface area contributed by atoms with Gasteiger partial charge in [-0.2, -0.15) is 4.98 Å². The van der Waals surface area contributed by atoms with Crippen LogP contribution >= 0.6 is 0 Å². The van der Waals surface area contributed by atoms with Gasteiger partial charge in [0, 0.05) is 12.1 Å². The van der Waals surface area contributed by atoms with Crippen molar-refractivity contribution in [3.05, 3.63) is 35.2 Å². The van der Waals surface area contributed by atoms with Crippen LogP contribution in [0.1, 0.15) is 37.0 Å². The Balaban J connectivity index is 2.20. The van der Waals surface area contributed by atoms with E-state index in [2.05, 4.69) is 20.6 Å². The molecule has 0 amide bonds. The third-order valence-electron chi connectivity index (χ3n) is 2.98. The Kier molecular flexibility index (Phi) is 4.22. The fourth-order valence-electron chi connectivity index (χ4n) is 2.07. The van der Waals surface area contributed by atoms with Gasteiger partial charge in [-0.25, -0.2) is 9.37 Å². The molecule has 1 unspecified atom stereocenters. The van der Waals surface area contributed by atoms with E-state index >= 15 is 0 Å². The number of aromatic nitrogens is 2. The van der Waals surface area contributed by atoms with E-state index in [9.17, 15) is 4.39 Å². The molecule has 108 valence electrons. The maximum atomic E-state index is 13.8. The van der Waals surface area contributed by atoms with Crippen LogP contribution in [-0.2, 0) is 0 Å². The molecule has 0 aromatic carbocycles. The third-order valence-corrected chi connectivity index (χ3v) is 2.98. The summed E-state index contributed by atoms with van der Waals surface area (Å²) >= 11 is 0. The van der Waals surface area contributed by atoms with E-state index in [1.54, 1.807) is 0 Å². The Labute approximate surface area is 117 Å². The fourth-order valence-corrected chi connectivity index (χ4v) is 2.07. The van der Waals surface area contributed by atoms with Crippen molar-refractivity contribution < 1.29 is 8.81 Å². The second kappa shape index (κ2) is 5.90. The molecule has 0 saturated carbocycles. The molecule has 0 aliphatic heterocycles. The molecule has 0 aliphatic carbocycles. The van der Waals surface area contributed by atoms with Crippen molar-refractivity contribution in [2.24, 2.45) is 0 Å². The van der Waals surface area contributed by atoms with E-state index in [1.807, 2.05) is 33.8 Å². The van der Waals surface area contributed by atoms with Crippen LogP contribution in [0.3, 0.4) is 0 Å². The van der Waals surface area contributed by atoms with Crippen molar-refractivity contribution in [3.63, 3.8) is 0 Å². The SMILES string of the molecule is CCNc1ncc(F)c(NC(C)c2cc(C)oc2C)n1. The molecular weight excluding hydrogens is 259 g/mol. The summed E-state index contributed by atoms with van der Waals surface area (Å²) in [6.45, 7) is 8.32. The average Bonchev–Trinajstić information content (AvgIpc) is 2.73. The van der Waals surface area contributed by atoms with Crippen molar-refractivity contribution in [2.75, 3.05) is 17.2 Å². The topological polar surface area (TPSA) is 63.0 Å². The molecule has 0 fully saturated rings. The molecule has 5 nitrogen and oxygen atoms in total. The second-order valence-electron chi connectivity index (χ2n) is 4.66. The molecule has 2 N–H and O–H groups in total. The van der Waals surface area contributed by atoms with Crippen molar-refractivity contribution in [3.8, 4) is 0 Å². The van der Waals surface area contributed by atoms with Gasteiger partial charge in [0.25, 0.3) is 0 Å². The molecule has 0 saturated heterocycles. The lowest BCUT2D eigenvalue weighted by Gasteiger charge is -2.15. The van der Waals surface area contributed by atoms with Gasteiger partial charge in [-0.05, 0) is 33.8 Å². The van der Waals surface area contributed by atoms with Gasteiger partial charge < -0.3 is 15.1 Å². The number of halogens is 1. The maximum Gasteiger partial charge on any atom is 0.224 e. The lowest BCUT2D eigenvalue weighted by molar-refractivity contribution is 0.499. The monoisotopic (exact) mass is 278 g/mol. The summed E-state index contributed by atoms with van der Waals surface area (Å²) in [6.07, 6.45) is 1.16. The van der Waals surface area contributed by atoms with Crippen LogP contribution in [0, 0.1) is 19.7 Å². The Bertz CT molecular complexity index is 597. The van der Waals surface area contributed by atoms with Crippen LogP contribution in [0.4, 0.5) is 16.2 Å². The predicted molar refractivity (Wildman–Crippen MR) is 76.4 cm³/mol. The Morgan fingerprint density at radius 2 is 2.15 bits per heavy atom. The molecular formula is C14H19FN4O. The molecule has 6 heteroatoms. The predicted octanol–water partition coefficient (Wildman–Crippen LogP) is 3.43. The zero-order valence-electron chi connectivity index (χ0n) is 12.1. The summed E-state index contributed by atoms with van der Waals surface area (Å²) in [5.41, 5.74) is 0.991. The molecule has 0 aliphatic rings. The Hall–Kier alpha value is -2.11. The van der Waals surface area contributed by atoms with E-state index in [1.165, 1.54) is 0 Å². The van der Waals surface area contributed by atoms with Crippen molar-refractivity contribution in [1.82, 2.24) is 9.97 Å². The standard InChI is InChI=1S/C14H19FN4O/c1-5-16-14-17-7-12(15)13(19-14)18-9(3)11-6-8(2)20-10(11)4/h6-7,9H,5H2,1-4H3,(H2,16,17,18,19). The molecule has 2 rings (SSSR count). The highest BCUT2D eigenvalue weighted by molar-refractivity contribution is 5.43. The number of furan rings is 1. The zero-order chi connectivity index (χ0) is 14.7. The van der Waals surface area contributed by atoms with Gasteiger partial charge in [-0.15, -0.1) is 0 Å².